The lowest BCUT2D eigenvalue weighted by Crippen LogP contribution is -2.01. The zero-order valence-electron chi connectivity index (χ0n) is 15.0. The maximum absolute atomic E-state index is 5.96. The van der Waals surface area contributed by atoms with Crippen LogP contribution in [0.1, 0.15) is 23.9 Å². The van der Waals surface area contributed by atoms with Gasteiger partial charge in [-0.15, -0.1) is 0 Å². The minimum absolute atomic E-state index is 0.429. The van der Waals surface area contributed by atoms with E-state index in [1.807, 2.05) is 48.9 Å². The highest BCUT2D eigenvalue weighted by Crippen LogP contribution is 2.29. The maximum Gasteiger partial charge on any atom is 0.248 e. The number of nitrogens with zero attached hydrogens (tertiary/aromatic N) is 3. The summed E-state index contributed by atoms with van der Waals surface area (Å²) in [4.78, 5) is 4.58. The van der Waals surface area contributed by atoms with E-state index in [9.17, 15) is 0 Å². The van der Waals surface area contributed by atoms with Crippen molar-refractivity contribution in [2.45, 2.75) is 27.0 Å². The number of hydrogen-bond acceptors (Lipinski definition) is 4. The fraction of sp³-hybridized carbons (Fsp3) is 0.238. The minimum atomic E-state index is 0.429. The van der Waals surface area contributed by atoms with Crippen LogP contribution in [0.4, 0.5) is 0 Å². The molecule has 0 aliphatic carbocycles. The number of benzene rings is 2. The van der Waals surface area contributed by atoms with Crippen LogP contribution in [0.15, 0.2) is 59.0 Å². The van der Waals surface area contributed by atoms with E-state index >= 15 is 0 Å². The number of ether oxygens (including phenoxy) is 1. The van der Waals surface area contributed by atoms with Gasteiger partial charge >= 0.3 is 0 Å². The van der Waals surface area contributed by atoms with Crippen LogP contribution in [-0.2, 0) is 17.9 Å². The highest BCUT2D eigenvalue weighted by molar-refractivity contribution is 5.91. The number of fused-ring (bicyclic) bond motifs is 1. The summed E-state index contributed by atoms with van der Waals surface area (Å²) < 4.78 is 13.4. The van der Waals surface area contributed by atoms with Crippen LogP contribution in [0.25, 0.3) is 22.5 Å². The number of oxazole rings is 1. The van der Waals surface area contributed by atoms with Gasteiger partial charge in [-0.3, -0.25) is 4.68 Å². The predicted octanol–water partition coefficient (Wildman–Crippen LogP) is 4.58. The Balaban J connectivity index is 1.76. The van der Waals surface area contributed by atoms with Gasteiger partial charge in [-0.25, -0.2) is 4.98 Å². The van der Waals surface area contributed by atoms with Gasteiger partial charge in [0.2, 0.25) is 5.89 Å². The highest BCUT2D eigenvalue weighted by atomic mass is 16.5. The molecular formula is C21H21N3O2. The Bertz CT molecular complexity index is 1020. The second-order valence-corrected chi connectivity index (χ2v) is 6.17. The molecule has 2 aromatic carbocycles. The number of para-hydroxylation sites is 1. The van der Waals surface area contributed by atoms with Gasteiger partial charge < -0.3 is 9.15 Å². The zero-order valence-corrected chi connectivity index (χ0v) is 15.0. The summed E-state index contributed by atoms with van der Waals surface area (Å²) in [5.41, 5.74) is 3.87. The quantitative estimate of drug-likeness (QED) is 0.512. The third-order valence-electron chi connectivity index (χ3n) is 4.37. The number of aromatic nitrogens is 3. The van der Waals surface area contributed by atoms with Crippen LogP contribution >= 0.6 is 0 Å². The predicted molar refractivity (Wildman–Crippen MR) is 101 cm³/mol. The molecule has 5 heteroatoms. The third-order valence-corrected chi connectivity index (χ3v) is 4.37. The molecule has 4 aromatic rings. The minimum Gasteiger partial charge on any atom is -0.437 e. The van der Waals surface area contributed by atoms with Gasteiger partial charge in [0.15, 0.2) is 11.5 Å². The molecule has 0 aliphatic heterocycles. The van der Waals surface area contributed by atoms with E-state index in [-0.39, 0.29) is 0 Å². The van der Waals surface area contributed by atoms with Crippen molar-refractivity contribution in [1.82, 2.24) is 14.8 Å². The maximum atomic E-state index is 5.96. The van der Waals surface area contributed by atoms with Crippen molar-refractivity contribution in [2.75, 3.05) is 6.61 Å². The first kappa shape index (κ1) is 16.5. The van der Waals surface area contributed by atoms with Crippen molar-refractivity contribution in [1.29, 1.82) is 0 Å². The van der Waals surface area contributed by atoms with Gasteiger partial charge in [0.05, 0.1) is 17.8 Å². The Kier molecular flexibility index (Phi) is 4.54. The van der Waals surface area contributed by atoms with Crippen LogP contribution in [0.3, 0.4) is 0 Å². The molecule has 0 saturated carbocycles. The molecule has 2 heterocycles. The van der Waals surface area contributed by atoms with E-state index in [1.165, 1.54) is 5.56 Å². The van der Waals surface area contributed by atoms with Crippen molar-refractivity contribution in [2.24, 2.45) is 0 Å². The molecule has 26 heavy (non-hydrogen) atoms. The molecule has 0 amide bonds. The summed E-state index contributed by atoms with van der Waals surface area (Å²) in [5.74, 6) is 1.30. The summed E-state index contributed by atoms with van der Waals surface area (Å²) in [5, 5.41) is 5.84. The van der Waals surface area contributed by atoms with Crippen LogP contribution in [0.5, 0.6) is 0 Å². The van der Waals surface area contributed by atoms with Gasteiger partial charge in [-0.05, 0) is 25.5 Å². The molecule has 0 unspecified atom stereocenters. The normalized spacial score (nSPS) is 11.3. The summed E-state index contributed by atoms with van der Waals surface area (Å²) in [7, 11) is 0. The van der Waals surface area contributed by atoms with Crippen molar-refractivity contribution in [3.8, 4) is 11.6 Å². The monoisotopic (exact) mass is 347 g/mol. The summed E-state index contributed by atoms with van der Waals surface area (Å²) >= 11 is 0. The number of hydrogen-bond donors (Lipinski definition) is 0. The number of rotatable bonds is 6. The van der Waals surface area contributed by atoms with Crippen LogP contribution in [0.2, 0.25) is 0 Å². The van der Waals surface area contributed by atoms with Gasteiger partial charge in [0.1, 0.15) is 6.61 Å². The van der Waals surface area contributed by atoms with Crippen molar-refractivity contribution >= 4 is 10.9 Å². The standard InChI is InChI=1S/C21H21N3O2/c1-3-25-14-19-15(2)22-21(26-19)20-17-11-7-8-12-18(17)24(23-20)13-16-9-5-4-6-10-16/h4-12H,3,13-14H2,1-2H3. The lowest BCUT2D eigenvalue weighted by molar-refractivity contribution is 0.118. The molecular weight excluding hydrogens is 326 g/mol. The molecule has 4 rings (SSSR count). The Labute approximate surface area is 152 Å². The van der Waals surface area contributed by atoms with E-state index in [0.29, 0.717) is 25.6 Å². The highest BCUT2D eigenvalue weighted by Gasteiger charge is 2.18. The fourth-order valence-corrected chi connectivity index (χ4v) is 3.02. The molecule has 0 N–H and O–H groups in total. The first-order valence-corrected chi connectivity index (χ1v) is 8.80. The van der Waals surface area contributed by atoms with E-state index in [2.05, 4.69) is 29.2 Å². The Hall–Kier alpha value is -2.92. The Morgan fingerprint density at radius 2 is 1.81 bits per heavy atom. The molecule has 0 atom stereocenters. The lowest BCUT2D eigenvalue weighted by Gasteiger charge is -2.03. The molecule has 0 spiro atoms. The van der Waals surface area contributed by atoms with Gasteiger partial charge in [0.25, 0.3) is 0 Å². The number of aryl methyl sites for hydroxylation is 1. The van der Waals surface area contributed by atoms with Crippen LogP contribution < -0.4 is 0 Å². The van der Waals surface area contributed by atoms with Gasteiger partial charge in [-0.1, -0.05) is 48.5 Å². The average molecular weight is 347 g/mol. The van der Waals surface area contributed by atoms with Crippen LogP contribution in [-0.4, -0.2) is 21.4 Å². The average Bonchev–Trinajstić information content (AvgIpc) is 3.22. The van der Waals surface area contributed by atoms with E-state index < -0.39 is 0 Å². The second kappa shape index (κ2) is 7.14. The van der Waals surface area contributed by atoms with Crippen molar-refractivity contribution in [3.05, 3.63) is 71.6 Å². The van der Waals surface area contributed by atoms with E-state index in [0.717, 1.165) is 28.1 Å². The van der Waals surface area contributed by atoms with E-state index in [1.54, 1.807) is 0 Å². The zero-order chi connectivity index (χ0) is 17.9. The molecule has 0 aliphatic rings. The summed E-state index contributed by atoms with van der Waals surface area (Å²) in [6.45, 7) is 5.67. The first-order chi connectivity index (χ1) is 12.8. The SMILES string of the molecule is CCOCc1oc(-c2nn(Cc3ccccc3)c3ccccc23)nc1C. The smallest absolute Gasteiger partial charge is 0.248 e. The molecule has 2 aromatic heterocycles. The topological polar surface area (TPSA) is 53.1 Å². The van der Waals surface area contributed by atoms with Crippen molar-refractivity contribution < 1.29 is 9.15 Å². The van der Waals surface area contributed by atoms with Crippen molar-refractivity contribution in [3.63, 3.8) is 0 Å². The lowest BCUT2D eigenvalue weighted by atomic mass is 10.2. The Morgan fingerprint density at radius 3 is 2.62 bits per heavy atom. The summed E-state index contributed by atoms with van der Waals surface area (Å²) in [6.07, 6.45) is 0. The molecule has 0 bridgehead atoms. The van der Waals surface area contributed by atoms with Gasteiger partial charge in [-0.2, -0.15) is 5.10 Å². The van der Waals surface area contributed by atoms with Gasteiger partial charge in [0, 0.05) is 12.0 Å². The Morgan fingerprint density at radius 1 is 1.04 bits per heavy atom. The molecule has 0 saturated heterocycles. The molecule has 132 valence electrons. The molecule has 5 nitrogen and oxygen atoms in total. The summed E-state index contributed by atoms with van der Waals surface area (Å²) in [6, 6.07) is 18.5. The third kappa shape index (κ3) is 3.13. The first-order valence-electron chi connectivity index (χ1n) is 8.80. The van der Waals surface area contributed by atoms with E-state index in [4.69, 9.17) is 14.3 Å². The van der Waals surface area contributed by atoms with Crippen LogP contribution in [0, 0.1) is 6.92 Å². The fourth-order valence-electron chi connectivity index (χ4n) is 3.02. The molecule has 0 fully saturated rings. The second-order valence-electron chi connectivity index (χ2n) is 6.17. The largest absolute Gasteiger partial charge is 0.437 e. The molecule has 0 radical (unpaired) electrons.